The molecule has 0 saturated heterocycles. The van der Waals surface area contributed by atoms with E-state index in [1.165, 1.54) is 6.92 Å². The summed E-state index contributed by atoms with van der Waals surface area (Å²) in [6.07, 6.45) is 0.856. The maximum atomic E-state index is 12.5. The number of aryl methyl sites for hydroxylation is 1. The van der Waals surface area contributed by atoms with Gasteiger partial charge in [0.1, 0.15) is 5.92 Å². The Morgan fingerprint density at radius 2 is 1.73 bits per heavy atom. The van der Waals surface area contributed by atoms with Gasteiger partial charge >= 0.3 is 11.9 Å². The number of carboxylic acid groups (broad SMARTS) is 2. The second-order valence-electron chi connectivity index (χ2n) is 6.09. The van der Waals surface area contributed by atoms with E-state index in [-0.39, 0.29) is 23.5 Å². The first kappa shape index (κ1) is 19.4. The van der Waals surface area contributed by atoms with Crippen LogP contribution in [-0.2, 0) is 20.8 Å². The van der Waals surface area contributed by atoms with Gasteiger partial charge in [0.25, 0.3) is 0 Å². The number of aliphatic imine (C=N–C) groups is 1. The van der Waals surface area contributed by atoms with Crippen LogP contribution in [0, 0.1) is 11.8 Å². The van der Waals surface area contributed by atoms with Crippen LogP contribution in [-0.4, -0.2) is 40.3 Å². The standard InChI is InChI=1S/C19H22N2O5/c1-3-20-17(22)16-14(18(23)24)11(2)21-13(15(16)19(25)26)10-9-12-7-5-4-6-8-12/h4-8,14,16H,3,9-10H2,1-2H3,(H,20,22)(H,23,24)(H,25,26). The zero-order valence-electron chi connectivity index (χ0n) is 14.7. The summed E-state index contributed by atoms with van der Waals surface area (Å²) < 4.78 is 0. The van der Waals surface area contributed by atoms with E-state index >= 15 is 0 Å². The lowest BCUT2D eigenvalue weighted by atomic mass is 9.78. The predicted octanol–water partition coefficient (Wildman–Crippen LogP) is 1.89. The average molecular weight is 358 g/mol. The monoisotopic (exact) mass is 358 g/mol. The maximum Gasteiger partial charge on any atom is 0.334 e. The molecule has 2 atom stereocenters. The Bertz CT molecular complexity index is 767. The smallest absolute Gasteiger partial charge is 0.334 e. The zero-order valence-corrected chi connectivity index (χ0v) is 14.7. The van der Waals surface area contributed by atoms with Crippen LogP contribution in [0.25, 0.3) is 0 Å². The molecule has 3 N–H and O–H groups in total. The first-order chi connectivity index (χ1) is 12.4. The second-order valence-corrected chi connectivity index (χ2v) is 6.09. The van der Waals surface area contributed by atoms with Gasteiger partial charge in [0.2, 0.25) is 5.91 Å². The number of aliphatic carboxylic acids is 2. The van der Waals surface area contributed by atoms with E-state index in [2.05, 4.69) is 10.3 Å². The number of carbonyl (C=O) groups is 3. The van der Waals surface area contributed by atoms with Gasteiger partial charge in [0.05, 0.1) is 17.2 Å². The van der Waals surface area contributed by atoms with E-state index < -0.39 is 29.7 Å². The zero-order chi connectivity index (χ0) is 19.3. The minimum atomic E-state index is -1.31. The molecule has 0 saturated carbocycles. The molecule has 0 aromatic heterocycles. The minimum Gasteiger partial charge on any atom is -0.481 e. The van der Waals surface area contributed by atoms with Crippen molar-refractivity contribution in [2.75, 3.05) is 6.54 Å². The van der Waals surface area contributed by atoms with Gasteiger partial charge in [-0.1, -0.05) is 30.3 Å². The highest BCUT2D eigenvalue weighted by Gasteiger charge is 2.44. The summed E-state index contributed by atoms with van der Waals surface area (Å²) in [5.74, 6) is -5.76. The third-order valence-electron chi connectivity index (χ3n) is 4.34. The number of benzene rings is 1. The van der Waals surface area contributed by atoms with E-state index in [0.29, 0.717) is 12.8 Å². The SMILES string of the molecule is CCNC(=O)C1C(C(=O)O)=C(CCc2ccccc2)N=C(C)C1C(=O)O. The Kier molecular flexibility index (Phi) is 6.27. The molecule has 26 heavy (non-hydrogen) atoms. The first-order valence-corrected chi connectivity index (χ1v) is 8.42. The number of hydrogen-bond donors (Lipinski definition) is 3. The van der Waals surface area contributed by atoms with Crippen LogP contribution >= 0.6 is 0 Å². The number of amides is 1. The third kappa shape index (κ3) is 4.17. The molecule has 7 nitrogen and oxygen atoms in total. The van der Waals surface area contributed by atoms with E-state index in [1.807, 2.05) is 30.3 Å². The Balaban J connectivity index is 2.45. The highest BCUT2D eigenvalue weighted by Crippen LogP contribution is 2.33. The number of carbonyl (C=O) groups excluding carboxylic acids is 1. The number of carboxylic acids is 2. The van der Waals surface area contributed by atoms with Crippen molar-refractivity contribution < 1.29 is 24.6 Å². The fraction of sp³-hybridized carbons (Fsp3) is 0.368. The van der Waals surface area contributed by atoms with Crippen molar-refractivity contribution in [2.24, 2.45) is 16.8 Å². The first-order valence-electron chi connectivity index (χ1n) is 8.42. The highest BCUT2D eigenvalue weighted by atomic mass is 16.4. The summed E-state index contributed by atoms with van der Waals surface area (Å²) >= 11 is 0. The number of nitrogens with zero attached hydrogens (tertiary/aromatic N) is 1. The molecular weight excluding hydrogens is 336 g/mol. The normalized spacial score (nSPS) is 19.7. The van der Waals surface area contributed by atoms with Crippen LogP contribution in [0.3, 0.4) is 0 Å². The van der Waals surface area contributed by atoms with E-state index in [1.54, 1.807) is 6.92 Å². The Morgan fingerprint density at radius 1 is 1.08 bits per heavy atom. The summed E-state index contributed by atoms with van der Waals surface area (Å²) in [5, 5.41) is 21.7. The van der Waals surface area contributed by atoms with Crippen molar-refractivity contribution >= 4 is 23.6 Å². The van der Waals surface area contributed by atoms with E-state index in [0.717, 1.165) is 5.56 Å². The molecule has 7 heteroatoms. The third-order valence-corrected chi connectivity index (χ3v) is 4.34. The van der Waals surface area contributed by atoms with Crippen LogP contribution in [0.5, 0.6) is 0 Å². The summed E-state index contributed by atoms with van der Waals surface area (Å²) in [5.41, 5.74) is 1.27. The molecule has 0 spiro atoms. The van der Waals surface area contributed by atoms with Crippen LogP contribution in [0.4, 0.5) is 0 Å². The molecule has 0 aliphatic carbocycles. The molecule has 2 unspecified atom stereocenters. The minimum absolute atomic E-state index is 0.232. The van der Waals surface area contributed by atoms with Gasteiger partial charge in [-0.15, -0.1) is 0 Å². The van der Waals surface area contributed by atoms with Gasteiger partial charge in [-0.2, -0.15) is 0 Å². The van der Waals surface area contributed by atoms with Crippen LogP contribution in [0.15, 0.2) is 46.6 Å². The van der Waals surface area contributed by atoms with Gasteiger partial charge < -0.3 is 15.5 Å². The summed E-state index contributed by atoms with van der Waals surface area (Å²) in [6.45, 7) is 3.49. The fourth-order valence-electron chi connectivity index (χ4n) is 3.17. The van der Waals surface area contributed by atoms with Crippen LogP contribution < -0.4 is 5.32 Å². The molecule has 1 aliphatic heterocycles. The van der Waals surface area contributed by atoms with E-state index in [4.69, 9.17) is 0 Å². The second kappa shape index (κ2) is 8.42. The molecule has 1 amide bonds. The molecule has 2 rings (SSSR count). The fourth-order valence-corrected chi connectivity index (χ4v) is 3.17. The number of nitrogens with one attached hydrogen (secondary N) is 1. The van der Waals surface area contributed by atoms with Gasteiger partial charge in [0, 0.05) is 12.3 Å². The van der Waals surface area contributed by atoms with Crippen molar-refractivity contribution in [1.82, 2.24) is 5.32 Å². The molecule has 0 fully saturated rings. The number of allylic oxidation sites excluding steroid dienone is 1. The quantitative estimate of drug-likeness (QED) is 0.688. The molecule has 1 heterocycles. The highest BCUT2D eigenvalue weighted by molar-refractivity contribution is 6.10. The van der Waals surface area contributed by atoms with Gasteiger partial charge in [-0.3, -0.25) is 14.6 Å². The van der Waals surface area contributed by atoms with Crippen molar-refractivity contribution in [1.29, 1.82) is 0 Å². The molecule has 1 aromatic rings. The van der Waals surface area contributed by atoms with Crippen molar-refractivity contribution in [3.8, 4) is 0 Å². The molecule has 0 radical (unpaired) electrons. The topological polar surface area (TPSA) is 116 Å². The van der Waals surface area contributed by atoms with E-state index in [9.17, 15) is 24.6 Å². The van der Waals surface area contributed by atoms with Crippen LogP contribution in [0.1, 0.15) is 25.8 Å². The number of hydrogen-bond acceptors (Lipinski definition) is 4. The lowest BCUT2D eigenvalue weighted by molar-refractivity contribution is -0.144. The maximum absolute atomic E-state index is 12.5. The molecule has 0 bridgehead atoms. The largest absolute Gasteiger partial charge is 0.481 e. The predicted molar refractivity (Wildman–Crippen MR) is 95.8 cm³/mol. The van der Waals surface area contributed by atoms with Crippen molar-refractivity contribution in [2.45, 2.75) is 26.7 Å². The lowest BCUT2D eigenvalue weighted by Gasteiger charge is -2.29. The van der Waals surface area contributed by atoms with Gasteiger partial charge in [-0.25, -0.2) is 4.79 Å². The molecule has 138 valence electrons. The lowest BCUT2D eigenvalue weighted by Crippen LogP contribution is -2.45. The van der Waals surface area contributed by atoms with Crippen molar-refractivity contribution in [3.63, 3.8) is 0 Å². The van der Waals surface area contributed by atoms with Crippen molar-refractivity contribution in [3.05, 3.63) is 47.2 Å². The van der Waals surface area contributed by atoms with Crippen LogP contribution in [0.2, 0.25) is 0 Å². The molecule has 1 aromatic carbocycles. The average Bonchev–Trinajstić information content (AvgIpc) is 2.59. The Hall–Kier alpha value is -2.96. The Morgan fingerprint density at radius 3 is 2.27 bits per heavy atom. The summed E-state index contributed by atoms with van der Waals surface area (Å²) in [6, 6.07) is 9.49. The van der Waals surface area contributed by atoms with Gasteiger partial charge in [-0.05, 0) is 32.3 Å². The van der Waals surface area contributed by atoms with Gasteiger partial charge in [0.15, 0.2) is 0 Å². The number of rotatable bonds is 7. The molecule has 1 aliphatic rings. The summed E-state index contributed by atoms with van der Waals surface area (Å²) in [7, 11) is 0. The summed E-state index contributed by atoms with van der Waals surface area (Å²) in [4.78, 5) is 40.2. The Labute approximate surface area is 151 Å². The molecular formula is C19H22N2O5.